The van der Waals surface area contributed by atoms with Crippen LogP contribution in [0.2, 0.25) is 0 Å². The molecule has 1 aliphatic carbocycles. The van der Waals surface area contributed by atoms with Gasteiger partial charge in [0.15, 0.2) is 0 Å². The number of carboxylic acids is 2. The van der Waals surface area contributed by atoms with E-state index < -0.39 is 17.9 Å². The van der Waals surface area contributed by atoms with Gasteiger partial charge in [-0.1, -0.05) is 19.9 Å². The van der Waals surface area contributed by atoms with Crippen LogP contribution in [0, 0.1) is 17.3 Å². The normalized spacial score (nSPS) is 30.3. The Kier molecular flexibility index (Phi) is 2.15. The fraction of sp³-hybridized carbons (Fsp3) is 0.556. The maximum atomic E-state index is 10.7. The molecule has 0 heterocycles. The SMILES string of the molecule is CC1(C)C(C=CC(=O)O)C1C(=O)O. The lowest BCUT2D eigenvalue weighted by Crippen LogP contribution is -2.03. The lowest BCUT2D eigenvalue weighted by molar-refractivity contribution is -0.139. The molecular weight excluding hydrogens is 172 g/mol. The van der Waals surface area contributed by atoms with Crippen molar-refractivity contribution in [1.82, 2.24) is 0 Å². The van der Waals surface area contributed by atoms with Gasteiger partial charge in [0.25, 0.3) is 0 Å². The molecule has 13 heavy (non-hydrogen) atoms. The molecule has 0 saturated heterocycles. The highest BCUT2D eigenvalue weighted by atomic mass is 16.4. The van der Waals surface area contributed by atoms with Crippen LogP contribution in [0.1, 0.15) is 13.8 Å². The van der Waals surface area contributed by atoms with E-state index in [1.165, 1.54) is 6.08 Å². The first kappa shape index (κ1) is 9.77. The summed E-state index contributed by atoms with van der Waals surface area (Å²) in [5.74, 6) is -2.49. The van der Waals surface area contributed by atoms with E-state index >= 15 is 0 Å². The Bertz CT molecular complexity index is 277. The van der Waals surface area contributed by atoms with Crippen molar-refractivity contribution in [1.29, 1.82) is 0 Å². The zero-order valence-electron chi connectivity index (χ0n) is 7.52. The second-order valence-corrected chi connectivity index (χ2v) is 3.86. The van der Waals surface area contributed by atoms with Gasteiger partial charge in [0.05, 0.1) is 5.92 Å². The van der Waals surface area contributed by atoms with Crippen LogP contribution in [0.15, 0.2) is 12.2 Å². The zero-order chi connectivity index (χ0) is 10.2. The van der Waals surface area contributed by atoms with Crippen molar-refractivity contribution < 1.29 is 19.8 Å². The second-order valence-electron chi connectivity index (χ2n) is 3.86. The van der Waals surface area contributed by atoms with Crippen molar-refractivity contribution in [2.45, 2.75) is 13.8 Å². The van der Waals surface area contributed by atoms with Gasteiger partial charge in [-0.15, -0.1) is 0 Å². The molecule has 0 spiro atoms. The summed E-state index contributed by atoms with van der Waals surface area (Å²) in [6, 6.07) is 0. The van der Waals surface area contributed by atoms with Gasteiger partial charge in [-0.2, -0.15) is 0 Å². The maximum Gasteiger partial charge on any atom is 0.327 e. The fourth-order valence-electron chi connectivity index (χ4n) is 1.69. The molecule has 0 bridgehead atoms. The summed E-state index contributed by atoms with van der Waals surface area (Å²) in [6.07, 6.45) is 2.47. The summed E-state index contributed by atoms with van der Waals surface area (Å²) in [4.78, 5) is 20.8. The average Bonchev–Trinajstić information content (AvgIpc) is 2.48. The standard InChI is InChI=1S/C9H12O4/c1-9(2)5(3-4-6(10)11)7(9)8(12)13/h3-5,7H,1-2H3,(H,10,11)(H,12,13). The largest absolute Gasteiger partial charge is 0.481 e. The fourth-order valence-corrected chi connectivity index (χ4v) is 1.69. The van der Waals surface area contributed by atoms with Crippen LogP contribution in [0.4, 0.5) is 0 Å². The highest BCUT2D eigenvalue weighted by Gasteiger charge is 2.60. The third kappa shape index (κ3) is 1.71. The van der Waals surface area contributed by atoms with E-state index in [1.807, 2.05) is 13.8 Å². The molecule has 0 aromatic heterocycles. The summed E-state index contributed by atoms with van der Waals surface area (Å²) >= 11 is 0. The molecule has 2 atom stereocenters. The van der Waals surface area contributed by atoms with Gasteiger partial charge >= 0.3 is 11.9 Å². The van der Waals surface area contributed by atoms with E-state index in [2.05, 4.69) is 0 Å². The molecule has 0 aromatic rings. The van der Waals surface area contributed by atoms with Crippen LogP contribution in [-0.2, 0) is 9.59 Å². The third-order valence-electron chi connectivity index (χ3n) is 2.62. The zero-order valence-corrected chi connectivity index (χ0v) is 7.52. The number of aliphatic carboxylic acids is 2. The first-order valence-electron chi connectivity index (χ1n) is 4.01. The minimum atomic E-state index is -1.04. The summed E-state index contributed by atoms with van der Waals surface area (Å²) in [6.45, 7) is 3.64. The van der Waals surface area contributed by atoms with Crippen molar-refractivity contribution in [3.8, 4) is 0 Å². The van der Waals surface area contributed by atoms with Gasteiger partial charge in [0.1, 0.15) is 0 Å². The Morgan fingerprint density at radius 2 is 1.85 bits per heavy atom. The van der Waals surface area contributed by atoms with Crippen LogP contribution in [-0.4, -0.2) is 22.2 Å². The molecule has 4 heteroatoms. The molecule has 0 aliphatic heterocycles. The van der Waals surface area contributed by atoms with Gasteiger partial charge in [0.2, 0.25) is 0 Å². The lowest BCUT2D eigenvalue weighted by Gasteiger charge is -1.95. The molecule has 72 valence electrons. The molecule has 4 nitrogen and oxygen atoms in total. The molecule has 0 radical (unpaired) electrons. The van der Waals surface area contributed by atoms with E-state index in [1.54, 1.807) is 0 Å². The maximum absolute atomic E-state index is 10.7. The number of hydrogen-bond acceptors (Lipinski definition) is 2. The Balaban J connectivity index is 2.66. The summed E-state index contributed by atoms with van der Waals surface area (Å²) in [7, 11) is 0. The first-order valence-corrected chi connectivity index (χ1v) is 4.01. The van der Waals surface area contributed by atoms with Gasteiger partial charge < -0.3 is 10.2 Å². The van der Waals surface area contributed by atoms with E-state index in [4.69, 9.17) is 10.2 Å². The molecule has 1 saturated carbocycles. The summed E-state index contributed by atoms with van der Waals surface area (Å²) in [5.41, 5.74) is -0.308. The van der Waals surface area contributed by atoms with E-state index in [-0.39, 0.29) is 11.3 Å². The summed E-state index contributed by atoms with van der Waals surface area (Å²) < 4.78 is 0. The average molecular weight is 184 g/mol. The van der Waals surface area contributed by atoms with Gasteiger partial charge in [0, 0.05) is 6.08 Å². The predicted molar refractivity (Wildman–Crippen MR) is 45.2 cm³/mol. The van der Waals surface area contributed by atoms with E-state index in [9.17, 15) is 9.59 Å². The van der Waals surface area contributed by atoms with E-state index in [0.717, 1.165) is 6.08 Å². The van der Waals surface area contributed by atoms with Crippen LogP contribution < -0.4 is 0 Å². The van der Waals surface area contributed by atoms with Crippen LogP contribution in [0.3, 0.4) is 0 Å². The molecule has 0 amide bonds. The molecule has 0 aromatic carbocycles. The van der Waals surface area contributed by atoms with Gasteiger partial charge in [-0.05, 0) is 11.3 Å². The Hall–Kier alpha value is -1.32. The van der Waals surface area contributed by atoms with Crippen LogP contribution in [0.5, 0.6) is 0 Å². The van der Waals surface area contributed by atoms with Gasteiger partial charge in [-0.3, -0.25) is 4.79 Å². The molecule has 1 rings (SSSR count). The third-order valence-corrected chi connectivity index (χ3v) is 2.62. The van der Waals surface area contributed by atoms with Crippen molar-refractivity contribution in [2.24, 2.45) is 17.3 Å². The lowest BCUT2D eigenvalue weighted by atomic mass is 10.1. The first-order chi connectivity index (χ1) is 5.87. The van der Waals surface area contributed by atoms with Crippen LogP contribution >= 0.6 is 0 Å². The summed E-state index contributed by atoms with van der Waals surface area (Å²) in [5, 5.41) is 17.1. The number of hydrogen-bond donors (Lipinski definition) is 2. The molecule has 2 N–H and O–H groups in total. The number of rotatable bonds is 3. The molecular formula is C9H12O4. The van der Waals surface area contributed by atoms with Crippen molar-refractivity contribution in [3.05, 3.63) is 12.2 Å². The highest BCUT2D eigenvalue weighted by Crippen LogP contribution is 2.58. The molecule has 2 unspecified atom stereocenters. The second kappa shape index (κ2) is 2.87. The Morgan fingerprint density at radius 3 is 2.15 bits per heavy atom. The number of allylic oxidation sites excluding steroid dienone is 1. The molecule has 1 aliphatic rings. The topological polar surface area (TPSA) is 74.6 Å². The van der Waals surface area contributed by atoms with Crippen molar-refractivity contribution >= 4 is 11.9 Å². The minimum Gasteiger partial charge on any atom is -0.481 e. The minimum absolute atomic E-state index is 0.152. The Morgan fingerprint density at radius 1 is 1.31 bits per heavy atom. The van der Waals surface area contributed by atoms with Crippen LogP contribution in [0.25, 0.3) is 0 Å². The van der Waals surface area contributed by atoms with Crippen molar-refractivity contribution in [3.63, 3.8) is 0 Å². The predicted octanol–water partition coefficient (Wildman–Crippen LogP) is 0.984. The van der Waals surface area contributed by atoms with Crippen molar-refractivity contribution in [2.75, 3.05) is 0 Å². The highest BCUT2D eigenvalue weighted by molar-refractivity contribution is 5.81. The smallest absolute Gasteiger partial charge is 0.327 e. The van der Waals surface area contributed by atoms with Gasteiger partial charge in [-0.25, -0.2) is 4.79 Å². The monoisotopic (exact) mass is 184 g/mol. The van der Waals surface area contributed by atoms with E-state index in [0.29, 0.717) is 0 Å². The Labute approximate surface area is 75.9 Å². The molecule has 1 fully saturated rings. The number of carbonyl (C=O) groups is 2. The quantitative estimate of drug-likeness (QED) is 0.641. The number of carboxylic acid groups (broad SMARTS) is 2.